The van der Waals surface area contributed by atoms with Gasteiger partial charge >= 0.3 is 17.9 Å². The monoisotopic (exact) mass is 302 g/mol. The van der Waals surface area contributed by atoms with Gasteiger partial charge in [-0.05, 0) is 13.8 Å². The first-order valence-electron chi connectivity index (χ1n) is 6.68. The van der Waals surface area contributed by atoms with E-state index in [1.54, 1.807) is 13.8 Å². The Morgan fingerprint density at radius 1 is 1.38 bits per heavy atom. The molecule has 0 saturated carbocycles. The molecule has 1 aliphatic heterocycles. The maximum Gasteiger partial charge on any atom is 0.353 e. The Morgan fingerprint density at radius 2 is 1.95 bits per heavy atom. The summed E-state index contributed by atoms with van der Waals surface area (Å²) >= 11 is 0. The van der Waals surface area contributed by atoms with Crippen LogP contribution in [0.15, 0.2) is 0 Å². The highest BCUT2D eigenvalue weighted by molar-refractivity contribution is 5.90. The number of hydrogen-bond acceptors (Lipinski definition) is 7. The van der Waals surface area contributed by atoms with Crippen LogP contribution in [-0.2, 0) is 33.3 Å². The van der Waals surface area contributed by atoms with Crippen molar-refractivity contribution in [1.82, 2.24) is 0 Å². The van der Waals surface area contributed by atoms with Crippen LogP contribution in [0.4, 0.5) is 0 Å². The highest BCUT2D eigenvalue weighted by atomic mass is 16.6. The first-order valence-corrected chi connectivity index (χ1v) is 6.68. The van der Waals surface area contributed by atoms with Gasteiger partial charge in [0.2, 0.25) is 11.2 Å². The molecule has 1 heterocycles. The van der Waals surface area contributed by atoms with Crippen molar-refractivity contribution >= 4 is 17.9 Å². The number of rotatable bonds is 4. The second kappa shape index (κ2) is 6.01. The molecule has 0 amide bonds. The lowest BCUT2D eigenvalue weighted by Gasteiger charge is -2.46. The Hall–Kier alpha value is -1.63. The third kappa shape index (κ3) is 2.88. The summed E-state index contributed by atoms with van der Waals surface area (Å²) in [6, 6.07) is 0. The van der Waals surface area contributed by atoms with Crippen LogP contribution in [0.5, 0.6) is 0 Å². The number of esters is 3. The van der Waals surface area contributed by atoms with Gasteiger partial charge in [-0.1, -0.05) is 6.92 Å². The van der Waals surface area contributed by atoms with Gasteiger partial charge in [-0.3, -0.25) is 4.79 Å². The molecule has 0 aromatic rings. The highest BCUT2D eigenvalue weighted by Gasteiger charge is 2.61. The van der Waals surface area contributed by atoms with Gasteiger partial charge in [-0.15, -0.1) is 0 Å². The maximum absolute atomic E-state index is 12.4. The van der Waals surface area contributed by atoms with Gasteiger partial charge in [0.05, 0.1) is 7.11 Å². The fourth-order valence-corrected chi connectivity index (χ4v) is 2.50. The molecule has 7 nitrogen and oxygen atoms in total. The number of carbonyl (C=O) groups excluding carboxylic acids is 3. The summed E-state index contributed by atoms with van der Waals surface area (Å²) in [6.45, 7) is 6.01. The van der Waals surface area contributed by atoms with Crippen LogP contribution in [-0.4, -0.2) is 49.4 Å². The minimum atomic E-state index is -1.54. The fourth-order valence-electron chi connectivity index (χ4n) is 2.50. The van der Waals surface area contributed by atoms with Crippen LogP contribution >= 0.6 is 0 Å². The van der Waals surface area contributed by atoms with Crippen LogP contribution in [0.1, 0.15) is 34.1 Å². The SMILES string of the molecule is COC(=O)[C@]1(C(C)OC)C[C@@H](C)[C@](C)(OC(C)=O)C(=O)O1. The smallest absolute Gasteiger partial charge is 0.353 e. The first kappa shape index (κ1) is 17.4. The zero-order valence-corrected chi connectivity index (χ0v) is 13.2. The van der Waals surface area contributed by atoms with Gasteiger partial charge in [0.15, 0.2) is 0 Å². The molecule has 1 saturated heterocycles. The third-order valence-electron chi connectivity index (χ3n) is 4.13. The Kier molecular flexibility index (Phi) is 4.99. The number of methoxy groups -OCH3 is 2. The molecule has 0 radical (unpaired) electrons. The van der Waals surface area contributed by atoms with Gasteiger partial charge in [-0.25, -0.2) is 9.59 Å². The van der Waals surface area contributed by atoms with E-state index in [1.807, 2.05) is 0 Å². The van der Waals surface area contributed by atoms with E-state index >= 15 is 0 Å². The predicted octanol–water partition coefficient (Wildman–Crippen LogP) is 0.838. The van der Waals surface area contributed by atoms with E-state index in [-0.39, 0.29) is 6.42 Å². The Bertz CT molecular complexity index is 447. The summed E-state index contributed by atoms with van der Waals surface area (Å²) in [5, 5.41) is 0. The standard InChI is InChI=1S/C14H22O7/c1-8-7-14(9(2)18-5,12(17)19-6)21-11(16)13(8,4)20-10(3)15/h8-9H,7H2,1-6H3/t8-,9?,13+,14-/m1/s1. The van der Waals surface area contributed by atoms with Gasteiger partial charge < -0.3 is 18.9 Å². The number of carbonyl (C=O) groups is 3. The molecular weight excluding hydrogens is 280 g/mol. The highest BCUT2D eigenvalue weighted by Crippen LogP contribution is 2.41. The summed E-state index contributed by atoms with van der Waals surface area (Å²) < 4.78 is 20.4. The first-order chi connectivity index (χ1) is 9.63. The molecule has 1 rings (SSSR count). The van der Waals surface area contributed by atoms with Crippen LogP contribution in [0.2, 0.25) is 0 Å². The van der Waals surface area contributed by atoms with Crippen molar-refractivity contribution in [2.75, 3.05) is 14.2 Å². The largest absolute Gasteiger partial charge is 0.466 e. The summed E-state index contributed by atoms with van der Waals surface area (Å²) in [6.07, 6.45) is -0.567. The van der Waals surface area contributed by atoms with Crippen molar-refractivity contribution in [3.63, 3.8) is 0 Å². The molecule has 21 heavy (non-hydrogen) atoms. The van der Waals surface area contributed by atoms with E-state index < -0.39 is 41.1 Å². The fraction of sp³-hybridized carbons (Fsp3) is 0.786. The maximum atomic E-state index is 12.4. The van der Waals surface area contributed by atoms with Crippen molar-refractivity contribution < 1.29 is 33.3 Å². The predicted molar refractivity (Wildman–Crippen MR) is 71.3 cm³/mol. The third-order valence-corrected chi connectivity index (χ3v) is 4.13. The summed E-state index contributed by atoms with van der Waals surface area (Å²) in [5.74, 6) is -2.52. The van der Waals surface area contributed by atoms with Crippen LogP contribution in [0, 0.1) is 5.92 Å². The van der Waals surface area contributed by atoms with Crippen LogP contribution < -0.4 is 0 Å². The van der Waals surface area contributed by atoms with Gasteiger partial charge in [0.1, 0.15) is 6.10 Å². The molecule has 0 bridgehead atoms. The van der Waals surface area contributed by atoms with Crippen LogP contribution in [0.3, 0.4) is 0 Å². The van der Waals surface area contributed by atoms with Crippen LogP contribution in [0.25, 0.3) is 0 Å². The zero-order chi connectivity index (χ0) is 16.4. The van der Waals surface area contributed by atoms with Gasteiger partial charge in [-0.2, -0.15) is 0 Å². The molecule has 1 unspecified atom stereocenters. The molecule has 0 spiro atoms. The Labute approximate surface area is 123 Å². The van der Waals surface area contributed by atoms with E-state index in [2.05, 4.69) is 0 Å². The molecular formula is C14H22O7. The minimum Gasteiger partial charge on any atom is -0.466 e. The number of ether oxygens (including phenoxy) is 4. The molecule has 1 fully saturated rings. The van der Waals surface area contributed by atoms with Gasteiger partial charge in [0, 0.05) is 26.4 Å². The summed E-state index contributed by atoms with van der Waals surface area (Å²) in [4.78, 5) is 35.7. The van der Waals surface area contributed by atoms with Crippen molar-refractivity contribution in [2.24, 2.45) is 5.92 Å². The van der Waals surface area contributed by atoms with Crippen molar-refractivity contribution in [3.8, 4) is 0 Å². The summed E-state index contributed by atoms with van der Waals surface area (Å²) in [7, 11) is 2.62. The Morgan fingerprint density at radius 3 is 2.33 bits per heavy atom. The minimum absolute atomic E-state index is 0.129. The molecule has 4 atom stereocenters. The molecule has 120 valence electrons. The quantitative estimate of drug-likeness (QED) is 0.561. The second-order valence-corrected chi connectivity index (χ2v) is 5.45. The average molecular weight is 302 g/mol. The van der Waals surface area contributed by atoms with Crippen molar-refractivity contribution in [3.05, 3.63) is 0 Å². The lowest BCUT2D eigenvalue weighted by Crippen LogP contribution is -2.64. The lowest BCUT2D eigenvalue weighted by atomic mass is 9.75. The topological polar surface area (TPSA) is 88.1 Å². The van der Waals surface area contributed by atoms with E-state index in [9.17, 15) is 14.4 Å². The number of hydrogen-bond donors (Lipinski definition) is 0. The van der Waals surface area contributed by atoms with E-state index in [1.165, 1.54) is 28.1 Å². The molecule has 0 aromatic carbocycles. The Balaban J connectivity index is 3.19. The molecule has 1 aliphatic rings. The van der Waals surface area contributed by atoms with Crippen molar-refractivity contribution in [2.45, 2.75) is 51.4 Å². The molecule has 0 aromatic heterocycles. The zero-order valence-electron chi connectivity index (χ0n) is 13.2. The van der Waals surface area contributed by atoms with Gasteiger partial charge in [0.25, 0.3) is 0 Å². The van der Waals surface area contributed by atoms with E-state index in [4.69, 9.17) is 18.9 Å². The van der Waals surface area contributed by atoms with Crippen molar-refractivity contribution in [1.29, 1.82) is 0 Å². The molecule has 0 aliphatic carbocycles. The number of cyclic esters (lactones) is 1. The van der Waals surface area contributed by atoms with E-state index in [0.717, 1.165) is 0 Å². The normalized spacial score (nSPS) is 33.8. The molecule has 7 heteroatoms. The molecule has 0 N–H and O–H groups in total. The summed E-state index contributed by atoms with van der Waals surface area (Å²) in [5.41, 5.74) is -2.98. The van der Waals surface area contributed by atoms with E-state index in [0.29, 0.717) is 0 Å². The average Bonchev–Trinajstić information content (AvgIpc) is 2.42. The second-order valence-electron chi connectivity index (χ2n) is 5.45. The lowest BCUT2D eigenvalue weighted by molar-refractivity contribution is -0.234.